The van der Waals surface area contributed by atoms with E-state index in [1.165, 1.54) is 38.4 Å². The molecule has 0 radical (unpaired) electrons. The maximum atomic E-state index is 13.6. The molecule has 3 rings (SSSR count). The molecular weight excluding hydrogens is 295 g/mol. The molecule has 2 aliphatic rings. The number of hydrogen-bond acceptors (Lipinski definition) is 2. The summed E-state index contributed by atoms with van der Waals surface area (Å²) < 4.78 is 14.6. The zero-order valence-corrected chi connectivity index (χ0v) is 11.9. The molecule has 2 nitrogen and oxygen atoms in total. The molecule has 2 aliphatic heterocycles. The second-order valence-electron chi connectivity index (χ2n) is 5.26. The van der Waals surface area contributed by atoms with Crippen LogP contribution in [0, 0.1) is 5.82 Å². The lowest BCUT2D eigenvalue weighted by atomic mass is 10.1. The first-order valence-electron chi connectivity index (χ1n) is 6.65. The Labute approximate surface area is 116 Å². The molecule has 18 heavy (non-hydrogen) atoms. The van der Waals surface area contributed by atoms with Crippen LogP contribution in [0.25, 0.3) is 0 Å². The standard InChI is InChI=1S/C14H18BrFN2/c15-11-3-4-12(16)10(8-11)9-17-13-5-7-18-6-1-2-14(13)18/h3-4,8,13-14,17H,1-2,5-7,9H2. The molecule has 2 fully saturated rings. The molecule has 98 valence electrons. The van der Waals surface area contributed by atoms with E-state index in [-0.39, 0.29) is 5.82 Å². The molecule has 0 bridgehead atoms. The normalized spacial score (nSPS) is 27.7. The van der Waals surface area contributed by atoms with Gasteiger partial charge in [-0.15, -0.1) is 0 Å². The Morgan fingerprint density at radius 3 is 3.11 bits per heavy atom. The van der Waals surface area contributed by atoms with Gasteiger partial charge in [0.25, 0.3) is 0 Å². The minimum Gasteiger partial charge on any atom is -0.308 e. The summed E-state index contributed by atoms with van der Waals surface area (Å²) in [6.07, 6.45) is 3.80. The topological polar surface area (TPSA) is 15.3 Å². The highest BCUT2D eigenvalue weighted by Crippen LogP contribution is 2.28. The van der Waals surface area contributed by atoms with Gasteiger partial charge in [-0.05, 0) is 44.0 Å². The second-order valence-corrected chi connectivity index (χ2v) is 6.17. The zero-order chi connectivity index (χ0) is 12.5. The molecule has 2 heterocycles. The highest BCUT2D eigenvalue weighted by atomic mass is 79.9. The van der Waals surface area contributed by atoms with Crippen molar-refractivity contribution in [2.24, 2.45) is 0 Å². The molecule has 2 atom stereocenters. The first kappa shape index (κ1) is 12.6. The summed E-state index contributed by atoms with van der Waals surface area (Å²) in [5.41, 5.74) is 0.751. The van der Waals surface area contributed by atoms with E-state index < -0.39 is 0 Å². The number of nitrogens with one attached hydrogen (secondary N) is 1. The average Bonchev–Trinajstić information content (AvgIpc) is 2.93. The molecule has 0 aromatic heterocycles. The van der Waals surface area contributed by atoms with Gasteiger partial charge in [0, 0.05) is 35.2 Å². The van der Waals surface area contributed by atoms with E-state index >= 15 is 0 Å². The van der Waals surface area contributed by atoms with Crippen LogP contribution in [0.3, 0.4) is 0 Å². The third-order valence-electron chi connectivity index (χ3n) is 4.17. The van der Waals surface area contributed by atoms with Crippen molar-refractivity contribution < 1.29 is 4.39 Å². The first-order valence-corrected chi connectivity index (χ1v) is 7.45. The fraction of sp³-hybridized carbons (Fsp3) is 0.571. The zero-order valence-electron chi connectivity index (χ0n) is 10.3. The van der Waals surface area contributed by atoms with Gasteiger partial charge in [-0.25, -0.2) is 4.39 Å². The molecule has 1 aromatic carbocycles. The van der Waals surface area contributed by atoms with Gasteiger partial charge < -0.3 is 5.32 Å². The Kier molecular flexibility index (Phi) is 3.68. The number of benzene rings is 1. The molecule has 0 aliphatic carbocycles. The van der Waals surface area contributed by atoms with Gasteiger partial charge >= 0.3 is 0 Å². The molecule has 0 spiro atoms. The molecule has 1 aromatic rings. The van der Waals surface area contributed by atoms with Gasteiger partial charge in [-0.2, -0.15) is 0 Å². The van der Waals surface area contributed by atoms with E-state index in [0.29, 0.717) is 18.6 Å². The SMILES string of the molecule is Fc1ccc(Br)cc1CNC1CCN2CCCC12. The minimum atomic E-state index is -0.119. The van der Waals surface area contributed by atoms with Crippen molar-refractivity contribution in [1.29, 1.82) is 0 Å². The van der Waals surface area contributed by atoms with E-state index in [1.54, 1.807) is 6.07 Å². The molecule has 4 heteroatoms. The predicted molar refractivity (Wildman–Crippen MR) is 73.9 cm³/mol. The van der Waals surface area contributed by atoms with Gasteiger partial charge in [-0.3, -0.25) is 4.90 Å². The van der Waals surface area contributed by atoms with Crippen molar-refractivity contribution in [1.82, 2.24) is 10.2 Å². The maximum Gasteiger partial charge on any atom is 0.127 e. The van der Waals surface area contributed by atoms with E-state index in [1.807, 2.05) is 6.07 Å². The van der Waals surface area contributed by atoms with Gasteiger partial charge in [0.2, 0.25) is 0 Å². The lowest BCUT2D eigenvalue weighted by molar-refractivity contribution is 0.298. The fourth-order valence-electron chi connectivity index (χ4n) is 3.24. The van der Waals surface area contributed by atoms with Gasteiger partial charge in [-0.1, -0.05) is 15.9 Å². The van der Waals surface area contributed by atoms with Crippen molar-refractivity contribution in [2.75, 3.05) is 13.1 Å². The van der Waals surface area contributed by atoms with Crippen molar-refractivity contribution >= 4 is 15.9 Å². The Morgan fingerprint density at radius 1 is 1.33 bits per heavy atom. The third kappa shape index (κ3) is 2.46. The fourth-order valence-corrected chi connectivity index (χ4v) is 3.65. The van der Waals surface area contributed by atoms with Gasteiger partial charge in [0.05, 0.1) is 0 Å². The van der Waals surface area contributed by atoms with Crippen LogP contribution in [0.5, 0.6) is 0 Å². The van der Waals surface area contributed by atoms with Gasteiger partial charge in [0.15, 0.2) is 0 Å². The highest BCUT2D eigenvalue weighted by molar-refractivity contribution is 9.10. The maximum absolute atomic E-state index is 13.6. The predicted octanol–water partition coefficient (Wildman–Crippen LogP) is 2.91. The molecule has 2 saturated heterocycles. The summed E-state index contributed by atoms with van der Waals surface area (Å²) >= 11 is 3.39. The van der Waals surface area contributed by atoms with Crippen LogP contribution < -0.4 is 5.32 Å². The average molecular weight is 313 g/mol. The summed E-state index contributed by atoms with van der Waals surface area (Å²) in [6.45, 7) is 3.07. The van der Waals surface area contributed by atoms with Crippen LogP contribution in [-0.2, 0) is 6.54 Å². The van der Waals surface area contributed by atoms with Crippen LogP contribution in [0.4, 0.5) is 4.39 Å². The number of nitrogens with zero attached hydrogens (tertiary/aromatic N) is 1. The Balaban J connectivity index is 1.62. The lowest BCUT2D eigenvalue weighted by Gasteiger charge is -2.21. The molecular formula is C14H18BrFN2. The highest BCUT2D eigenvalue weighted by Gasteiger charge is 2.36. The van der Waals surface area contributed by atoms with Crippen molar-refractivity contribution in [3.63, 3.8) is 0 Å². The van der Waals surface area contributed by atoms with E-state index in [9.17, 15) is 4.39 Å². The summed E-state index contributed by atoms with van der Waals surface area (Å²) in [5.74, 6) is -0.119. The largest absolute Gasteiger partial charge is 0.308 e. The number of fused-ring (bicyclic) bond motifs is 1. The molecule has 1 N–H and O–H groups in total. The van der Waals surface area contributed by atoms with Crippen LogP contribution in [0.15, 0.2) is 22.7 Å². The minimum absolute atomic E-state index is 0.119. The summed E-state index contributed by atoms with van der Waals surface area (Å²) in [6, 6.07) is 6.35. The Bertz CT molecular complexity index is 438. The van der Waals surface area contributed by atoms with E-state index in [4.69, 9.17) is 0 Å². The van der Waals surface area contributed by atoms with Crippen molar-refractivity contribution in [2.45, 2.75) is 37.9 Å². The quantitative estimate of drug-likeness (QED) is 0.923. The van der Waals surface area contributed by atoms with E-state index in [0.717, 1.165) is 10.0 Å². The Morgan fingerprint density at radius 2 is 2.22 bits per heavy atom. The monoisotopic (exact) mass is 312 g/mol. The molecule has 2 unspecified atom stereocenters. The number of halogens is 2. The van der Waals surface area contributed by atoms with Crippen LogP contribution in [-0.4, -0.2) is 30.1 Å². The molecule has 0 saturated carbocycles. The summed E-state index contributed by atoms with van der Waals surface area (Å²) in [5, 5.41) is 3.53. The van der Waals surface area contributed by atoms with Crippen LogP contribution in [0.1, 0.15) is 24.8 Å². The lowest BCUT2D eigenvalue weighted by Crippen LogP contribution is -2.38. The summed E-state index contributed by atoms with van der Waals surface area (Å²) in [4.78, 5) is 2.56. The third-order valence-corrected chi connectivity index (χ3v) is 4.66. The smallest absolute Gasteiger partial charge is 0.127 e. The van der Waals surface area contributed by atoms with E-state index in [2.05, 4.69) is 26.1 Å². The Hall–Kier alpha value is -0.450. The second kappa shape index (κ2) is 5.27. The van der Waals surface area contributed by atoms with Crippen LogP contribution >= 0.6 is 15.9 Å². The number of hydrogen-bond donors (Lipinski definition) is 1. The van der Waals surface area contributed by atoms with Crippen molar-refractivity contribution in [3.8, 4) is 0 Å². The van der Waals surface area contributed by atoms with Crippen LogP contribution in [0.2, 0.25) is 0 Å². The van der Waals surface area contributed by atoms with Crippen molar-refractivity contribution in [3.05, 3.63) is 34.1 Å². The van der Waals surface area contributed by atoms with Gasteiger partial charge in [0.1, 0.15) is 5.82 Å². The number of rotatable bonds is 3. The summed E-state index contributed by atoms with van der Waals surface area (Å²) in [7, 11) is 0. The molecule has 0 amide bonds. The first-order chi connectivity index (χ1) is 8.74.